The molecule has 1 unspecified atom stereocenters. The number of hydrogen-bond acceptors (Lipinski definition) is 3. The molecule has 1 atom stereocenters. The van der Waals surface area contributed by atoms with Gasteiger partial charge in [0, 0.05) is 23.8 Å². The number of urea groups is 1. The fourth-order valence-corrected chi connectivity index (χ4v) is 2.97. The van der Waals surface area contributed by atoms with Crippen LogP contribution in [0.1, 0.15) is 17.0 Å². The van der Waals surface area contributed by atoms with Crippen LogP contribution in [-0.4, -0.2) is 30.6 Å². The summed E-state index contributed by atoms with van der Waals surface area (Å²) < 4.78 is 4.89. The number of carbonyl (C=O) groups excluding carboxylic acids is 2. The van der Waals surface area contributed by atoms with Gasteiger partial charge in [-0.15, -0.1) is 0 Å². The number of carbonyl (C=O) groups is 2. The Balaban J connectivity index is 1.80. The monoisotopic (exact) mass is 344 g/mol. The van der Waals surface area contributed by atoms with E-state index in [2.05, 4.69) is 5.32 Å². The highest BCUT2D eigenvalue weighted by atomic mass is 35.5. The third-order valence-electron chi connectivity index (χ3n) is 4.06. The molecule has 0 aromatic heterocycles. The number of esters is 1. The van der Waals surface area contributed by atoms with E-state index >= 15 is 0 Å². The molecule has 0 radical (unpaired) electrons. The third kappa shape index (κ3) is 3.36. The number of rotatable bonds is 2. The van der Waals surface area contributed by atoms with Crippen LogP contribution in [0.3, 0.4) is 0 Å². The highest BCUT2D eigenvalue weighted by Crippen LogP contribution is 2.29. The molecule has 1 aliphatic rings. The molecule has 0 aliphatic carbocycles. The molecule has 0 fully saturated rings. The molecule has 124 valence electrons. The second-order valence-electron chi connectivity index (χ2n) is 5.59. The van der Waals surface area contributed by atoms with Gasteiger partial charge in [0.25, 0.3) is 0 Å². The molecule has 1 aliphatic heterocycles. The van der Waals surface area contributed by atoms with Crippen LogP contribution in [0, 0.1) is 0 Å². The summed E-state index contributed by atoms with van der Waals surface area (Å²) >= 11 is 5.85. The number of halogens is 1. The van der Waals surface area contributed by atoms with Crippen molar-refractivity contribution in [1.82, 2.24) is 4.90 Å². The third-order valence-corrected chi connectivity index (χ3v) is 4.32. The lowest BCUT2D eigenvalue weighted by atomic mass is 9.90. The van der Waals surface area contributed by atoms with Crippen molar-refractivity contribution in [3.05, 3.63) is 64.7 Å². The smallest absolute Gasteiger partial charge is 0.322 e. The molecule has 0 spiro atoms. The van der Waals surface area contributed by atoms with Crippen LogP contribution in [0.4, 0.5) is 10.5 Å². The maximum Gasteiger partial charge on any atom is 0.322 e. The second kappa shape index (κ2) is 6.93. The first-order chi connectivity index (χ1) is 11.6. The summed E-state index contributed by atoms with van der Waals surface area (Å²) in [7, 11) is 1.36. The fraction of sp³-hybridized carbons (Fsp3) is 0.222. The fourth-order valence-electron chi connectivity index (χ4n) is 2.84. The maximum absolute atomic E-state index is 12.5. The SMILES string of the molecule is COC(=O)C1CN(C(=O)Nc2ccc(Cl)cc2)Cc2ccccc21. The minimum absolute atomic E-state index is 0.263. The molecule has 1 N–H and O–H groups in total. The Kier molecular flexibility index (Phi) is 4.71. The number of nitrogens with one attached hydrogen (secondary N) is 1. The van der Waals surface area contributed by atoms with Crippen LogP contribution in [0.25, 0.3) is 0 Å². The van der Waals surface area contributed by atoms with E-state index in [0.29, 0.717) is 17.3 Å². The van der Waals surface area contributed by atoms with Gasteiger partial charge < -0.3 is 15.0 Å². The predicted octanol–water partition coefficient (Wildman–Crippen LogP) is 3.64. The maximum atomic E-state index is 12.5. The van der Waals surface area contributed by atoms with Crippen molar-refractivity contribution in [3.63, 3.8) is 0 Å². The molecule has 0 saturated carbocycles. The Morgan fingerprint density at radius 2 is 1.88 bits per heavy atom. The molecule has 2 aromatic carbocycles. The lowest BCUT2D eigenvalue weighted by Crippen LogP contribution is -2.43. The normalized spacial score (nSPS) is 16.2. The lowest BCUT2D eigenvalue weighted by Gasteiger charge is -2.33. The van der Waals surface area contributed by atoms with Crippen molar-refractivity contribution in [2.24, 2.45) is 0 Å². The molecule has 5 nitrogen and oxygen atoms in total. The molecule has 0 bridgehead atoms. The van der Waals surface area contributed by atoms with Crippen molar-refractivity contribution in [2.45, 2.75) is 12.5 Å². The summed E-state index contributed by atoms with van der Waals surface area (Å²) in [6, 6.07) is 14.2. The lowest BCUT2D eigenvalue weighted by molar-refractivity contribution is -0.143. The zero-order valence-electron chi connectivity index (χ0n) is 13.2. The number of ether oxygens (including phenoxy) is 1. The molecule has 2 aromatic rings. The average molecular weight is 345 g/mol. The number of amides is 2. The largest absolute Gasteiger partial charge is 0.468 e. The summed E-state index contributed by atoms with van der Waals surface area (Å²) in [4.78, 5) is 26.3. The van der Waals surface area contributed by atoms with Crippen LogP contribution in [0.2, 0.25) is 5.02 Å². The van der Waals surface area contributed by atoms with Gasteiger partial charge in [-0.1, -0.05) is 35.9 Å². The molecular formula is C18H17ClN2O3. The number of hydrogen-bond donors (Lipinski definition) is 1. The van der Waals surface area contributed by atoms with E-state index in [1.165, 1.54) is 7.11 Å². The highest BCUT2D eigenvalue weighted by molar-refractivity contribution is 6.30. The van der Waals surface area contributed by atoms with Crippen molar-refractivity contribution < 1.29 is 14.3 Å². The van der Waals surface area contributed by atoms with Crippen molar-refractivity contribution in [1.29, 1.82) is 0 Å². The van der Waals surface area contributed by atoms with E-state index in [9.17, 15) is 9.59 Å². The van der Waals surface area contributed by atoms with Gasteiger partial charge >= 0.3 is 12.0 Å². The quantitative estimate of drug-likeness (QED) is 0.846. The van der Waals surface area contributed by atoms with Crippen LogP contribution in [0.15, 0.2) is 48.5 Å². The van der Waals surface area contributed by atoms with Gasteiger partial charge in [-0.05, 0) is 35.4 Å². The van der Waals surface area contributed by atoms with E-state index < -0.39 is 5.92 Å². The van der Waals surface area contributed by atoms with Crippen LogP contribution < -0.4 is 5.32 Å². The molecule has 1 heterocycles. The second-order valence-corrected chi connectivity index (χ2v) is 6.03. The Morgan fingerprint density at radius 1 is 1.17 bits per heavy atom. The predicted molar refractivity (Wildman–Crippen MR) is 92.1 cm³/mol. The van der Waals surface area contributed by atoms with Gasteiger partial charge in [-0.2, -0.15) is 0 Å². The Morgan fingerprint density at radius 3 is 2.58 bits per heavy atom. The number of benzene rings is 2. The summed E-state index contributed by atoms with van der Waals surface area (Å²) in [5, 5.41) is 3.43. The number of anilines is 1. The molecule has 2 amide bonds. The summed E-state index contributed by atoms with van der Waals surface area (Å²) in [5.41, 5.74) is 2.52. The van der Waals surface area contributed by atoms with E-state index in [-0.39, 0.29) is 18.5 Å². The summed E-state index contributed by atoms with van der Waals surface area (Å²) in [5.74, 6) is -0.817. The zero-order chi connectivity index (χ0) is 17.1. The molecular weight excluding hydrogens is 328 g/mol. The first kappa shape index (κ1) is 16.3. The molecule has 0 saturated heterocycles. The Hall–Kier alpha value is -2.53. The topological polar surface area (TPSA) is 58.6 Å². The van der Waals surface area contributed by atoms with Crippen molar-refractivity contribution in [2.75, 3.05) is 19.0 Å². The average Bonchev–Trinajstić information content (AvgIpc) is 2.62. The van der Waals surface area contributed by atoms with Gasteiger partial charge in [0.2, 0.25) is 0 Å². The minimum Gasteiger partial charge on any atom is -0.468 e. The first-order valence-electron chi connectivity index (χ1n) is 7.55. The van der Waals surface area contributed by atoms with Crippen LogP contribution in [0.5, 0.6) is 0 Å². The molecule has 24 heavy (non-hydrogen) atoms. The molecule has 3 rings (SSSR count). The summed E-state index contributed by atoms with van der Waals surface area (Å²) in [6.45, 7) is 0.728. The summed E-state index contributed by atoms with van der Waals surface area (Å²) in [6.07, 6.45) is 0. The number of nitrogens with zero attached hydrogens (tertiary/aromatic N) is 1. The van der Waals surface area contributed by atoms with Crippen LogP contribution in [-0.2, 0) is 16.1 Å². The van der Waals surface area contributed by atoms with E-state index in [4.69, 9.17) is 16.3 Å². The first-order valence-corrected chi connectivity index (χ1v) is 7.93. The molecule has 6 heteroatoms. The van der Waals surface area contributed by atoms with Gasteiger partial charge in [-0.25, -0.2) is 4.79 Å². The number of methoxy groups -OCH3 is 1. The van der Waals surface area contributed by atoms with Crippen molar-refractivity contribution >= 4 is 29.3 Å². The van der Waals surface area contributed by atoms with Gasteiger partial charge in [0.05, 0.1) is 13.0 Å². The van der Waals surface area contributed by atoms with E-state index in [1.54, 1.807) is 29.2 Å². The van der Waals surface area contributed by atoms with Gasteiger partial charge in [0.1, 0.15) is 0 Å². The Labute approximate surface area is 145 Å². The van der Waals surface area contributed by atoms with Gasteiger partial charge in [0.15, 0.2) is 0 Å². The van der Waals surface area contributed by atoms with Crippen molar-refractivity contribution in [3.8, 4) is 0 Å². The standard InChI is InChI=1S/C18H17ClN2O3/c1-24-17(22)16-11-21(10-12-4-2-3-5-15(12)16)18(23)20-14-8-6-13(19)7-9-14/h2-9,16H,10-11H2,1H3,(H,20,23). The number of fused-ring (bicyclic) bond motifs is 1. The Bertz CT molecular complexity index is 761. The van der Waals surface area contributed by atoms with E-state index in [0.717, 1.165) is 11.1 Å². The van der Waals surface area contributed by atoms with Gasteiger partial charge in [-0.3, -0.25) is 4.79 Å². The van der Waals surface area contributed by atoms with Crippen LogP contribution >= 0.6 is 11.6 Å². The zero-order valence-corrected chi connectivity index (χ0v) is 13.9. The van der Waals surface area contributed by atoms with E-state index in [1.807, 2.05) is 24.3 Å². The minimum atomic E-state index is -0.476. The highest BCUT2D eigenvalue weighted by Gasteiger charge is 2.33.